The number of hydrogen-bond acceptors (Lipinski definition) is 3. The Balaban J connectivity index is 1.93. The van der Waals surface area contributed by atoms with Crippen molar-refractivity contribution < 1.29 is 9.84 Å². The zero-order valence-corrected chi connectivity index (χ0v) is 9.86. The van der Waals surface area contributed by atoms with Gasteiger partial charge < -0.3 is 15.2 Å². The third kappa shape index (κ3) is 6.56. The molecular formula is C13H21NO2. The van der Waals surface area contributed by atoms with Gasteiger partial charge in [-0.25, -0.2) is 0 Å². The molecule has 3 nitrogen and oxygen atoms in total. The Hall–Kier alpha value is -0.900. The fourth-order valence-corrected chi connectivity index (χ4v) is 1.38. The van der Waals surface area contributed by atoms with Crippen molar-refractivity contribution in [3.05, 3.63) is 35.9 Å². The molecule has 0 aliphatic heterocycles. The van der Waals surface area contributed by atoms with E-state index in [-0.39, 0.29) is 6.10 Å². The molecule has 0 fully saturated rings. The number of nitrogens with one attached hydrogen (secondary N) is 1. The summed E-state index contributed by atoms with van der Waals surface area (Å²) in [7, 11) is 0. The molecule has 1 aromatic rings. The van der Waals surface area contributed by atoms with Gasteiger partial charge in [-0.1, -0.05) is 30.3 Å². The van der Waals surface area contributed by atoms with Crippen molar-refractivity contribution in [3.63, 3.8) is 0 Å². The number of aliphatic hydroxyl groups is 1. The van der Waals surface area contributed by atoms with Crippen LogP contribution in [0.4, 0.5) is 0 Å². The van der Waals surface area contributed by atoms with E-state index in [1.807, 2.05) is 18.2 Å². The van der Waals surface area contributed by atoms with Crippen molar-refractivity contribution in [1.29, 1.82) is 0 Å². The number of benzene rings is 1. The zero-order valence-electron chi connectivity index (χ0n) is 9.86. The van der Waals surface area contributed by atoms with Gasteiger partial charge in [0.25, 0.3) is 0 Å². The fraction of sp³-hybridized carbons (Fsp3) is 0.538. The molecule has 0 saturated carbocycles. The highest BCUT2D eigenvalue weighted by molar-refractivity contribution is 5.14. The highest BCUT2D eigenvalue weighted by Crippen LogP contribution is 1.97. The molecule has 2 N–H and O–H groups in total. The Morgan fingerprint density at radius 3 is 2.75 bits per heavy atom. The lowest BCUT2D eigenvalue weighted by molar-refractivity contribution is 0.0453. The Morgan fingerprint density at radius 2 is 2.06 bits per heavy atom. The van der Waals surface area contributed by atoms with Crippen LogP contribution in [0.1, 0.15) is 18.9 Å². The summed E-state index contributed by atoms with van der Waals surface area (Å²) in [5.74, 6) is 0. The summed E-state index contributed by atoms with van der Waals surface area (Å²) in [6, 6.07) is 10.3. The minimum absolute atomic E-state index is 0.364. The van der Waals surface area contributed by atoms with E-state index in [0.29, 0.717) is 13.2 Å². The number of aliphatic hydroxyl groups excluding tert-OH is 1. The highest BCUT2D eigenvalue weighted by Gasteiger charge is 1.95. The lowest BCUT2D eigenvalue weighted by atomic mass is 10.2. The average molecular weight is 223 g/mol. The molecule has 0 bridgehead atoms. The maximum absolute atomic E-state index is 8.96. The third-order valence-electron chi connectivity index (χ3n) is 2.17. The van der Waals surface area contributed by atoms with Crippen molar-refractivity contribution >= 4 is 0 Å². The van der Waals surface area contributed by atoms with E-state index in [4.69, 9.17) is 9.84 Å². The van der Waals surface area contributed by atoms with Crippen LogP contribution in [0.15, 0.2) is 30.3 Å². The first kappa shape index (κ1) is 13.2. The average Bonchev–Trinajstić information content (AvgIpc) is 2.29. The summed E-state index contributed by atoms with van der Waals surface area (Å²) in [5, 5.41) is 12.3. The smallest absolute Gasteiger partial charge is 0.0745 e. The van der Waals surface area contributed by atoms with Gasteiger partial charge in [-0.05, 0) is 25.5 Å². The van der Waals surface area contributed by atoms with E-state index < -0.39 is 0 Å². The summed E-state index contributed by atoms with van der Waals surface area (Å²) in [5.41, 5.74) is 1.30. The van der Waals surface area contributed by atoms with Gasteiger partial charge >= 0.3 is 0 Å². The summed E-state index contributed by atoms with van der Waals surface area (Å²) in [4.78, 5) is 0. The largest absolute Gasteiger partial charge is 0.391 e. The number of hydrogen-bond donors (Lipinski definition) is 2. The number of rotatable bonds is 8. The van der Waals surface area contributed by atoms with Crippen LogP contribution in [0.3, 0.4) is 0 Å². The molecule has 16 heavy (non-hydrogen) atoms. The maximum Gasteiger partial charge on any atom is 0.0745 e. The molecule has 0 radical (unpaired) electrons. The van der Waals surface area contributed by atoms with Gasteiger partial charge in [-0.2, -0.15) is 0 Å². The van der Waals surface area contributed by atoms with E-state index in [1.165, 1.54) is 5.56 Å². The van der Waals surface area contributed by atoms with Crippen LogP contribution >= 0.6 is 0 Å². The molecule has 0 aliphatic rings. The van der Waals surface area contributed by atoms with Crippen LogP contribution in [-0.4, -0.2) is 31.0 Å². The van der Waals surface area contributed by atoms with Gasteiger partial charge in [0.15, 0.2) is 0 Å². The van der Waals surface area contributed by atoms with Crippen LogP contribution in [-0.2, 0) is 11.3 Å². The highest BCUT2D eigenvalue weighted by atomic mass is 16.5. The van der Waals surface area contributed by atoms with E-state index >= 15 is 0 Å². The molecule has 1 atom stereocenters. The second-order valence-corrected chi connectivity index (χ2v) is 3.94. The van der Waals surface area contributed by atoms with Crippen LogP contribution in [0.5, 0.6) is 0 Å². The van der Waals surface area contributed by atoms with Crippen molar-refractivity contribution in [2.24, 2.45) is 0 Å². The fourth-order valence-electron chi connectivity index (χ4n) is 1.38. The van der Waals surface area contributed by atoms with Crippen molar-refractivity contribution in [2.75, 3.05) is 19.8 Å². The van der Waals surface area contributed by atoms with Crippen LogP contribution in [0.2, 0.25) is 0 Å². The maximum atomic E-state index is 8.96. The van der Waals surface area contributed by atoms with Crippen molar-refractivity contribution in [2.45, 2.75) is 26.0 Å². The molecule has 1 rings (SSSR count). The molecule has 90 valence electrons. The molecule has 1 aromatic carbocycles. The summed E-state index contributed by atoms with van der Waals surface area (Å²) in [6.07, 6.45) is 0.608. The molecule has 0 amide bonds. The van der Waals surface area contributed by atoms with Gasteiger partial charge in [0.1, 0.15) is 0 Å². The van der Waals surface area contributed by atoms with E-state index in [2.05, 4.69) is 17.4 Å². The van der Waals surface area contributed by atoms with Gasteiger partial charge in [-0.3, -0.25) is 0 Å². The molecule has 1 unspecified atom stereocenters. The molecule has 0 aromatic heterocycles. The second kappa shape index (κ2) is 8.28. The van der Waals surface area contributed by atoms with Crippen molar-refractivity contribution in [3.8, 4) is 0 Å². The summed E-state index contributed by atoms with van der Waals surface area (Å²) < 4.78 is 5.26. The summed E-state index contributed by atoms with van der Waals surface area (Å²) >= 11 is 0. The van der Waals surface area contributed by atoms with Crippen LogP contribution in [0, 0.1) is 0 Å². The minimum atomic E-state index is -0.364. The standard InChI is InChI=1S/C13H21NO2/c1-12(15)11-16-9-5-8-14-10-13-6-3-2-4-7-13/h2-4,6-7,12,14-15H,5,8-11H2,1H3. The van der Waals surface area contributed by atoms with E-state index in [9.17, 15) is 0 Å². The monoisotopic (exact) mass is 223 g/mol. The van der Waals surface area contributed by atoms with E-state index in [1.54, 1.807) is 6.92 Å². The zero-order chi connectivity index (χ0) is 11.6. The predicted molar refractivity (Wildman–Crippen MR) is 65.3 cm³/mol. The molecule has 0 aliphatic carbocycles. The molecule has 3 heteroatoms. The Labute approximate surface area is 97.4 Å². The lowest BCUT2D eigenvalue weighted by Gasteiger charge is -2.07. The van der Waals surface area contributed by atoms with Gasteiger partial charge in [0.05, 0.1) is 12.7 Å². The first-order valence-electron chi connectivity index (χ1n) is 5.79. The van der Waals surface area contributed by atoms with E-state index in [0.717, 1.165) is 19.5 Å². The predicted octanol–water partition coefficient (Wildman–Crippen LogP) is 1.56. The number of ether oxygens (including phenoxy) is 1. The Bertz CT molecular complexity index is 262. The van der Waals surface area contributed by atoms with Gasteiger partial charge in [-0.15, -0.1) is 0 Å². The van der Waals surface area contributed by atoms with Crippen molar-refractivity contribution in [1.82, 2.24) is 5.32 Å². The molecule has 0 saturated heterocycles. The Kier molecular flexibility index (Phi) is 6.81. The SMILES string of the molecule is CC(O)COCCCNCc1ccccc1. The van der Waals surface area contributed by atoms with Gasteiger partial charge in [0.2, 0.25) is 0 Å². The first-order valence-corrected chi connectivity index (χ1v) is 5.79. The molecule has 0 heterocycles. The lowest BCUT2D eigenvalue weighted by Crippen LogP contribution is -2.17. The van der Waals surface area contributed by atoms with Crippen LogP contribution in [0.25, 0.3) is 0 Å². The normalized spacial score (nSPS) is 12.6. The first-order chi connectivity index (χ1) is 7.79. The molecular weight excluding hydrogens is 202 g/mol. The topological polar surface area (TPSA) is 41.5 Å². The van der Waals surface area contributed by atoms with Gasteiger partial charge in [0, 0.05) is 13.2 Å². The second-order valence-electron chi connectivity index (χ2n) is 3.94. The summed E-state index contributed by atoms with van der Waals surface area (Å²) in [6.45, 7) is 4.70. The van der Waals surface area contributed by atoms with Crippen LogP contribution < -0.4 is 5.32 Å². The minimum Gasteiger partial charge on any atom is -0.391 e. The molecule has 0 spiro atoms. The quantitative estimate of drug-likeness (QED) is 0.657. The third-order valence-corrected chi connectivity index (χ3v) is 2.17. The Morgan fingerprint density at radius 1 is 1.31 bits per heavy atom.